The third-order valence-corrected chi connectivity index (χ3v) is 2.33. The van der Waals surface area contributed by atoms with E-state index in [4.69, 9.17) is 15.6 Å². The molecular formula is C8H9BrN2O3. The van der Waals surface area contributed by atoms with Crippen LogP contribution < -0.4 is 10.5 Å². The Bertz CT molecular complexity index is 356. The first kappa shape index (κ1) is 10.9. The lowest BCUT2D eigenvalue weighted by atomic mass is 10.1. The van der Waals surface area contributed by atoms with Gasteiger partial charge in [-0.15, -0.1) is 0 Å². The van der Waals surface area contributed by atoms with Crippen LogP contribution in [0, 0.1) is 0 Å². The van der Waals surface area contributed by atoms with Crippen molar-refractivity contribution < 1.29 is 14.6 Å². The van der Waals surface area contributed by atoms with Gasteiger partial charge in [0.1, 0.15) is 11.8 Å². The van der Waals surface area contributed by atoms with Crippen molar-refractivity contribution in [1.82, 2.24) is 4.98 Å². The molecule has 76 valence electrons. The Morgan fingerprint density at radius 1 is 1.71 bits per heavy atom. The highest BCUT2D eigenvalue weighted by molar-refractivity contribution is 9.10. The molecule has 0 spiro atoms. The summed E-state index contributed by atoms with van der Waals surface area (Å²) in [5.41, 5.74) is 5.86. The molecular weight excluding hydrogens is 252 g/mol. The van der Waals surface area contributed by atoms with Crippen LogP contribution in [0.3, 0.4) is 0 Å². The standard InChI is InChI=1S/C8H9BrN2O3/c1-14-5-3-11-2-4(9)6(5)7(10)8(12)13/h2-3,7H,10H2,1H3,(H,12,13). The normalized spacial score (nSPS) is 12.2. The quantitative estimate of drug-likeness (QED) is 0.845. The zero-order chi connectivity index (χ0) is 10.7. The molecule has 0 amide bonds. The molecule has 1 unspecified atom stereocenters. The average Bonchev–Trinajstić information content (AvgIpc) is 2.16. The molecule has 0 radical (unpaired) electrons. The molecule has 0 aliphatic rings. The number of hydrogen-bond acceptors (Lipinski definition) is 4. The summed E-state index contributed by atoms with van der Waals surface area (Å²) in [4.78, 5) is 14.5. The maximum Gasteiger partial charge on any atom is 0.325 e. The molecule has 3 N–H and O–H groups in total. The fourth-order valence-electron chi connectivity index (χ4n) is 1.02. The molecule has 1 aromatic heterocycles. The highest BCUT2D eigenvalue weighted by Gasteiger charge is 2.21. The minimum absolute atomic E-state index is 0.356. The van der Waals surface area contributed by atoms with Gasteiger partial charge < -0.3 is 15.6 Å². The van der Waals surface area contributed by atoms with E-state index in [0.717, 1.165) is 0 Å². The minimum atomic E-state index is -1.12. The first-order valence-corrected chi connectivity index (χ1v) is 4.53. The monoisotopic (exact) mass is 260 g/mol. The average molecular weight is 261 g/mol. The van der Waals surface area contributed by atoms with Gasteiger partial charge in [0.05, 0.1) is 13.3 Å². The predicted molar refractivity (Wildman–Crippen MR) is 53.1 cm³/mol. The lowest BCUT2D eigenvalue weighted by Crippen LogP contribution is -2.21. The van der Waals surface area contributed by atoms with Crippen molar-refractivity contribution in [3.8, 4) is 5.75 Å². The van der Waals surface area contributed by atoms with Gasteiger partial charge in [-0.1, -0.05) is 0 Å². The van der Waals surface area contributed by atoms with Gasteiger partial charge in [0, 0.05) is 16.2 Å². The Kier molecular flexibility index (Phi) is 3.43. The zero-order valence-corrected chi connectivity index (χ0v) is 8.98. The van der Waals surface area contributed by atoms with Crippen molar-refractivity contribution in [3.05, 3.63) is 22.4 Å². The molecule has 5 nitrogen and oxygen atoms in total. The van der Waals surface area contributed by atoms with Gasteiger partial charge in [0.2, 0.25) is 0 Å². The van der Waals surface area contributed by atoms with Crippen molar-refractivity contribution in [2.24, 2.45) is 5.73 Å². The van der Waals surface area contributed by atoms with Crippen LogP contribution in [0.25, 0.3) is 0 Å². The first-order chi connectivity index (χ1) is 6.57. The molecule has 0 aliphatic heterocycles. The van der Waals surface area contributed by atoms with E-state index < -0.39 is 12.0 Å². The van der Waals surface area contributed by atoms with Crippen molar-refractivity contribution in [2.75, 3.05) is 7.11 Å². The predicted octanol–water partition coefficient (Wildman–Crippen LogP) is 0.937. The SMILES string of the molecule is COc1cncc(Br)c1C(N)C(=O)O. The lowest BCUT2D eigenvalue weighted by Gasteiger charge is -2.12. The number of carbonyl (C=O) groups is 1. The van der Waals surface area contributed by atoms with Crippen LogP contribution in [0.5, 0.6) is 5.75 Å². The number of hydrogen-bond donors (Lipinski definition) is 2. The van der Waals surface area contributed by atoms with Gasteiger partial charge in [-0.25, -0.2) is 0 Å². The van der Waals surface area contributed by atoms with E-state index in [1.165, 1.54) is 19.5 Å². The van der Waals surface area contributed by atoms with Crippen LogP contribution in [-0.2, 0) is 4.79 Å². The number of carboxylic acids is 1. The van der Waals surface area contributed by atoms with Gasteiger partial charge in [0.15, 0.2) is 0 Å². The summed E-state index contributed by atoms with van der Waals surface area (Å²) >= 11 is 3.17. The van der Waals surface area contributed by atoms with E-state index >= 15 is 0 Å². The zero-order valence-electron chi connectivity index (χ0n) is 7.40. The molecule has 0 saturated heterocycles. The fraction of sp³-hybridized carbons (Fsp3) is 0.250. The minimum Gasteiger partial charge on any atom is -0.495 e. The molecule has 1 aromatic rings. The second-order valence-electron chi connectivity index (χ2n) is 2.55. The molecule has 1 atom stereocenters. The Morgan fingerprint density at radius 2 is 2.36 bits per heavy atom. The van der Waals surface area contributed by atoms with Crippen molar-refractivity contribution in [1.29, 1.82) is 0 Å². The van der Waals surface area contributed by atoms with E-state index in [2.05, 4.69) is 20.9 Å². The number of carboxylic acid groups (broad SMARTS) is 1. The Balaban J connectivity index is 3.23. The van der Waals surface area contributed by atoms with Crippen molar-refractivity contribution >= 4 is 21.9 Å². The number of aliphatic carboxylic acids is 1. The summed E-state index contributed by atoms with van der Waals surface area (Å²) < 4.78 is 5.48. The van der Waals surface area contributed by atoms with Crippen LogP contribution in [-0.4, -0.2) is 23.2 Å². The summed E-state index contributed by atoms with van der Waals surface area (Å²) in [5.74, 6) is -0.760. The summed E-state index contributed by atoms with van der Waals surface area (Å²) in [6, 6.07) is -1.12. The fourth-order valence-corrected chi connectivity index (χ4v) is 1.58. The van der Waals surface area contributed by atoms with E-state index in [9.17, 15) is 4.79 Å². The molecule has 6 heteroatoms. The van der Waals surface area contributed by atoms with E-state index in [1.807, 2.05) is 0 Å². The number of halogens is 1. The smallest absolute Gasteiger partial charge is 0.325 e. The molecule has 0 saturated carbocycles. The molecule has 0 fully saturated rings. The van der Waals surface area contributed by atoms with Crippen molar-refractivity contribution in [3.63, 3.8) is 0 Å². The maximum absolute atomic E-state index is 10.7. The third-order valence-electron chi connectivity index (χ3n) is 1.70. The molecule has 14 heavy (non-hydrogen) atoms. The number of aromatic nitrogens is 1. The number of methoxy groups -OCH3 is 1. The van der Waals surface area contributed by atoms with E-state index in [-0.39, 0.29) is 0 Å². The number of rotatable bonds is 3. The molecule has 1 rings (SSSR count). The summed E-state index contributed by atoms with van der Waals surface area (Å²) in [7, 11) is 1.43. The number of pyridine rings is 1. The van der Waals surface area contributed by atoms with Crippen molar-refractivity contribution in [2.45, 2.75) is 6.04 Å². The molecule has 0 aliphatic carbocycles. The highest BCUT2D eigenvalue weighted by Crippen LogP contribution is 2.30. The van der Waals surface area contributed by atoms with Crippen LogP contribution in [0.2, 0.25) is 0 Å². The second kappa shape index (κ2) is 4.39. The van der Waals surface area contributed by atoms with Gasteiger partial charge in [-0.3, -0.25) is 9.78 Å². The Hall–Kier alpha value is -1.14. The van der Waals surface area contributed by atoms with Crippen LogP contribution >= 0.6 is 15.9 Å². The van der Waals surface area contributed by atoms with E-state index in [1.54, 1.807) is 0 Å². The van der Waals surface area contributed by atoms with Gasteiger partial charge >= 0.3 is 5.97 Å². The number of nitrogens with zero attached hydrogens (tertiary/aromatic N) is 1. The first-order valence-electron chi connectivity index (χ1n) is 3.73. The second-order valence-corrected chi connectivity index (χ2v) is 3.41. The summed E-state index contributed by atoms with van der Waals surface area (Å²) in [5, 5.41) is 8.76. The largest absolute Gasteiger partial charge is 0.495 e. The summed E-state index contributed by atoms with van der Waals surface area (Å²) in [6.45, 7) is 0. The molecule has 1 heterocycles. The molecule has 0 aromatic carbocycles. The maximum atomic E-state index is 10.7. The van der Waals surface area contributed by atoms with Gasteiger partial charge in [-0.2, -0.15) is 0 Å². The Morgan fingerprint density at radius 3 is 2.86 bits per heavy atom. The van der Waals surface area contributed by atoms with Gasteiger partial charge in [-0.05, 0) is 15.9 Å². The van der Waals surface area contributed by atoms with Gasteiger partial charge in [0.25, 0.3) is 0 Å². The summed E-state index contributed by atoms with van der Waals surface area (Å²) in [6.07, 6.45) is 2.89. The van der Waals surface area contributed by atoms with Crippen LogP contribution in [0.1, 0.15) is 11.6 Å². The molecule has 0 bridgehead atoms. The Labute approximate surface area is 89.0 Å². The third kappa shape index (κ3) is 2.02. The topological polar surface area (TPSA) is 85.4 Å². The number of ether oxygens (including phenoxy) is 1. The number of nitrogens with two attached hydrogens (primary N) is 1. The highest BCUT2D eigenvalue weighted by atomic mass is 79.9. The lowest BCUT2D eigenvalue weighted by molar-refractivity contribution is -0.138. The van der Waals surface area contributed by atoms with Crippen LogP contribution in [0.4, 0.5) is 0 Å². The van der Waals surface area contributed by atoms with Crippen LogP contribution in [0.15, 0.2) is 16.9 Å². The van der Waals surface area contributed by atoms with E-state index in [0.29, 0.717) is 15.8 Å².